The molecule has 82 valence electrons. The Morgan fingerprint density at radius 1 is 1.44 bits per heavy atom. The van der Waals surface area contributed by atoms with Crippen LogP contribution < -0.4 is 0 Å². The van der Waals surface area contributed by atoms with Gasteiger partial charge in [0, 0.05) is 0 Å². The van der Waals surface area contributed by atoms with Gasteiger partial charge in [-0.15, -0.1) is 5.10 Å². The maximum absolute atomic E-state index is 11.4. The van der Waals surface area contributed by atoms with E-state index in [0.717, 1.165) is 0 Å². The second-order valence-electron chi connectivity index (χ2n) is 2.84. The van der Waals surface area contributed by atoms with Gasteiger partial charge in [-0.2, -0.15) is 4.89 Å². The van der Waals surface area contributed by atoms with Gasteiger partial charge < -0.3 is 0 Å². The number of hydrogen-bond donors (Lipinski definition) is 0. The number of aromatic nitrogens is 4. The van der Waals surface area contributed by atoms with Crippen molar-refractivity contribution in [1.29, 1.82) is 0 Å². The summed E-state index contributed by atoms with van der Waals surface area (Å²) in [6.07, 6.45) is 1.43. The van der Waals surface area contributed by atoms with Crippen LogP contribution in [0.15, 0.2) is 30.6 Å². The molecule has 1 aromatic carbocycles. The molecule has 0 radical (unpaired) electrons. The van der Waals surface area contributed by atoms with Crippen LogP contribution in [0.5, 0.6) is 0 Å². The van der Waals surface area contributed by atoms with Crippen molar-refractivity contribution in [2.24, 2.45) is 0 Å². The minimum atomic E-state index is -0.572. The molecular weight excluding hydrogens is 212 g/mol. The Balaban J connectivity index is 2.30. The molecule has 7 nitrogen and oxygen atoms in total. The molecular formula is C9H8N4O3. The largest absolute Gasteiger partial charge is 0.373 e. The van der Waals surface area contributed by atoms with Crippen molar-refractivity contribution in [3.05, 3.63) is 36.2 Å². The molecule has 0 saturated carbocycles. The lowest BCUT2D eigenvalue weighted by Gasteiger charge is -2.02. The Morgan fingerprint density at radius 2 is 2.31 bits per heavy atom. The summed E-state index contributed by atoms with van der Waals surface area (Å²) in [5, 5.41) is 10.7. The van der Waals surface area contributed by atoms with Gasteiger partial charge in [0.25, 0.3) is 0 Å². The standard InChI is InChI=1S/C9H8N4O3/c1-15-16-9(14)7-3-2-4-8(5-7)13-6-10-11-12-13/h2-6H,1H3. The minimum Gasteiger partial charge on any atom is -0.293 e. The van der Waals surface area contributed by atoms with E-state index in [4.69, 9.17) is 0 Å². The molecule has 1 aromatic heterocycles. The van der Waals surface area contributed by atoms with Crippen LogP contribution in [0, 0.1) is 0 Å². The summed E-state index contributed by atoms with van der Waals surface area (Å²) < 4.78 is 1.43. The number of rotatable bonds is 3. The lowest BCUT2D eigenvalue weighted by molar-refractivity contribution is -0.216. The zero-order valence-electron chi connectivity index (χ0n) is 8.40. The molecule has 1 heterocycles. The number of carbonyl (C=O) groups is 1. The second kappa shape index (κ2) is 4.49. The van der Waals surface area contributed by atoms with Crippen LogP contribution in [-0.2, 0) is 9.78 Å². The Bertz CT molecular complexity index is 483. The summed E-state index contributed by atoms with van der Waals surface area (Å²) in [4.78, 5) is 20.1. The molecule has 0 bridgehead atoms. The first-order chi connectivity index (χ1) is 7.81. The molecule has 7 heteroatoms. The Labute approximate surface area is 90.5 Å². The average molecular weight is 220 g/mol. The van der Waals surface area contributed by atoms with E-state index in [0.29, 0.717) is 11.3 Å². The third kappa shape index (κ3) is 2.04. The van der Waals surface area contributed by atoms with E-state index in [9.17, 15) is 4.79 Å². The van der Waals surface area contributed by atoms with Crippen molar-refractivity contribution < 1.29 is 14.6 Å². The first-order valence-electron chi connectivity index (χ1n) is 4.39. The summed E-state index contributed by atoms with van der Waals surface area (Å²) >= 11 is 0. The SMILES string of the molecule is COOC(=O)c1cccc(-n2cnnn2)c1. The molecule has 0 aliphatic rings. The minimum absolute atomic E-state index is 0.356. The topological polar surface area (TPSA) is 79.1 Å². The molecule has 0 aliphatic heterocycles. The Kier molecular flexibility index (Phi) is 2.88. The van der Waals surface area contributed by atoms with Crippen LogP contribution in [-0.4, -0.2) is 33.3 Å². The lowest BCUT2D eigenvalue weighted by atomic mass is 10.2. The molecule has 0 aliphatic carbocycles. The number of benzene rings is 1. The summed E-state index contributed by atoms with van der Waals surface area (Å²) in [5.41, 5.74) is 1.02. The van der Waals surface area contributed by atoms with Gasteiger partial charge in [0.1, 0.15) is 6.33 Å². The van der Waals surface area contributed by atoms with Gasteiger partial charge in [0.15, 0.2) is 0 Å². The average Bonchev–Trinajstić information content (AvgIpc) is 2.83. The highest BCUT2D eigenvalue weighted by atomic mass is 17.2. The molecule has 2 aromatic rings. The summed E-state index contributed by atoms with van der Waals surface area (Å²) in [6, 6.07) is 6.66. The third-order valence-electron chi connectivity index (χ3n) is 1.85. The first kappa shape index (κ1) is 10.2. The van der Waals surface area contributed by atoms with Crippen LogP contribution in [0.3, 0.4) is 0 Å². The number of carbonyl (C=O) groups excluding carboxylic acids is 1. The molecule has 0 saturated heterocycles. The fourth-order valence-corrected chi connectivity index (χ4v) is 1.18. The predicted octanol–water partition coefficient (Wildman–Crippen LogP) is 0.380. The van der Waals surface area contributed by atoms with Crippen LogP contribution in [0.4, 0.5) is 0 Å². The van der Waals surface area contributed by atoms with Crippen LogP contribution in [0.25, 0.3) is 5.69 Å². The highest BCUT2D eigenvalue weighted by molar-refractivity contribution is 5.89. The molecule has 0 N–H and O–H groups in total. The predicted molar refractivity (Wildman–Crippen MR) is 51.6 cm³/mol. The van der Waals surface area contributed by atoms with Crippen LogP contribution >= 0.6 is 0 Å². The smallest absolute Gasteiger partial charge is 0.293 e. The molecule has 0 unspecified atom stereocenters. The highest BCUT2D eigenvalue weighted by Crippen LogP contribution is 2.09. The van der Waals surface area contributed by atoms with E-state index in [1.807, 2.05) is 0 Å². The van der Waals surface area contributed by atoms with Gasteiger partial charge in [-0.05, 0) is 28.6 Å². The van der Waals surface area contributed by atoms with Gasteiger partial charge in [-0.3, -0.25) is 4.89 Å². The first-order valence-corrected chi connectivity index (χ1v) is 4.39. The molecule has 0 atom stereocenters. The lowest BCUT2D eigenvalue weighted by Crippen LogP contribution is -2.05. The fourth-order valence-electron chi connectivity index (χ4n) is 1.18. The maximum atomic E-state index is 11.4. The van der Waals surface area contributed by atoms with Crippen molar-refractivity contribution in [3.63, 3.8) is 0 Å². The number of hydrogen-bond acceptors (Lipinski definition) is 6. The Morgan fingerprint density at radius 3 is 3.00 bits per heavy atom. The fraction of sp³-hybridized carbons (Fsp3) is 0.111. The van der Waals surface area contributed by atoms with Crippen molar-refractivity contribution in [2.75, 3.05) is 7.11 Å². The van der Waals surface area contributed by atoms with Crippen molar-refractivity contribution >= 4 is 5.97 Å². The number of nitrogens with zero attached hydrogens (tertiary/aromatic N) is 4. The second-order valence-corrected chi connectivity index (χ2v) is 2.84. The van der Waals surface area contributed by atoms with E-state index in [-0.39, 0.29) is 0 Å². The van der Waals surface area contributed by atoms with Gasteiger partial charge in [-0.25, -0.2) is 9.48 Å². The van der Waals surface area contributed by atoms with Gasteiger partial charge in [0.05, 0.1) is 18.4 Å². The summed E-state index contributed by atoms with van der Waals surface area (Å²) in [6.45, 7) is 0. The zero-order valence-corrected chi connectivity index (χ0v) is 8.40. The van der Waals surface area contributed by atoms with E-state index in [1.54, 1.807) is 24.3 Å². The molecule has 16 heavy (non-hydrogen) atoms. The zero-order chi connectivity index (χ0) is 11.4. The molecule has 0 amide bonds. The van der Waals surface area contributed by atoms with E-state index in [2.05, 4.69) is 25.3 Å². The maximum Gasteiger partial charge on any atom is 0.373 e. The molecule has 0 fully saturated rings. The monoisotopic (exact) mass is 220 g/mol. The van der Waals surface area contributed by atoms with Gasteiger partial charge >= 0.3 is 5.97 Å². The molecule has 2 rings (SSSR count). The van der Waals surface area contributed by atoms with Crippen molar-refractivity contribution in [1.82, 2.24) is 20.2 Å². The Hall–Kier alpha value is -2.28. The van der Waals surface area contributed by atoms with E-state index >= 15 is 0 Å². The van der Waals surface area contributed by atoms with Crippen LogP contribution in [0.2, 0.25) is 0 Å². The third-order valence-corrected chi connectivity index (χ3v) is 1.85. The highest BCUT2D eigenvalue weighted by Gasteiger charge is 2.09. The van der Waals surface area contributed by atoms with E-state index in [1.165, 1.54) is 18.1 Å². The van der Waals surface area contributed by atoms with Gasteiger partial charge in [0.2, 0.25) is 0 Å². The van der Waals surface area contributed by atoms with Crippen LogP contribution in [0.1, 0.15) is 10.4 Å². The quantitative estimate of drug-likeness (QED) is 0.549. The molecule has 0 spiro atoms. The van der Waals surface area contributed by atoms with Gasteiger partial charge in [-0.1, -0.05) is 6.07 Å². The number of tetrazole rings is 1. The van der Waals surface area contributed by atoms with E-state index < -0.39 is 5.97 Å². The summed E-state index contributed by atoms with van der Waals surface area (Å²) in [7, 11) is 1.27. The summed E-state index contributed by atoms with van der Waals surface area (Å²) in [5.74, 6) is -0.572. The van der Waals surface area contributed by atoms with Crippen molar-refractivity contribution in [2.45, 2.75) is 0 Å². The van der Waals surface area contributed by atoms with Crippen molar-refractivity contribution in [3.8, 4) is 5.69 Å². The normalized spacial score (nSPS) is 10.1.